The standard InChI is InChI=1S/C20H21N3O4/c1-23(12-18-21-15-7-5-4-6-14(15)20(25)22-18)19(24)11-13-8-9-16(26-2)17(10-13)27-3/h4-10H,11-12H2,1-3H3,(H,21,22,25). The summed E-state index contributed by atoms with van der Waals surface area (Å²) in [5.41, 5.74) is 1.21. The molecule has 0 unspecified atom stereocenters. The number of hydrogen-bond acceptors (Lipinski definition) is 5. The van der Waals surface area contributed by atoms with Crippen LogP contribution in [0, 0.1) is 0 Å². The zero-order valence-corrected chi connectivity index (χ0v) is 15.5. The SMILES string of the molecule is COc1ccc(CC(=O)N(C)Cc2nc3ccccc3c(=O)[nH]2)cc1OC. The lowest BCUT2D eigenvalue weighted by atomic mass is 10.1. The Balaban J connectivity index is 1.74. The first kappa shape index (κ1) is 18.4. The number of nitrogens with one attached hydrogen (secondary N) is 1. The van der Waals surface area contributed by atoms with Crippen LogP contribution >= 0.6 is 0 Å². The summed E-state index contributed by atoms with van der Waals surface area (Å²) in [5, 5.41) is 0.528. The topological polar surface area (TPSA) is 84.5 Å². The number of nitrogens with zero attached hydrogens (tertiary/aromatic N) is 2. The highest BCUT2D eigenvalue weighted by molar-refractivity contribution is 5.79. The number of amides is 1. The number of benzene rings is 2. The smallest absolute Gasteiger partial charge is 0.258 e. The fourth-order valence-corrected chi connectivity index (χ4v) is 2.82. The van der Waals surface area contributed by atoms with E-state index in [0.717, 1.165) is 5.56 Å². The van der Waals surface area contributed by atoms with Crippen LogP contribution in [0.3, 0.4) is 0 Å². The van der Waals surface area contributed by atoms with Crippen LogP contribution in [0.4, 0.5) is 0 Å². The van der Waals surface area contributed by atoms with Gasteiger partial charge in [-0.05, 0) is 29.8 Å². The molecule has 2 aromatic carbocycles. The van der Waals surface area contributed by atoms with E-state index >= 15 is 0 Å². The number of carbonyl (C=O) groups is 1. The van der Waals surface area contributed by atoms with E-state index in [1.165, 1.54) is 4.90 Å². The third-order valence-electron chi connectivity index (χ3n) is 4.28. The van der Waals surface area contributed by atoms with E-state index in [4.69, 9.17) is 9.47 Å². The summed E-state index contributed by atoms with van der Waals surface area (Å²) in [7, 11) is 4.80. The maximum atomic E-state index is 12.6. The quantitative estimate of drug-likeness (QED) is 0.722. The molecule has 0 atom stereocenters. The molecule has 0 spiro atoms. The van der Waals surface area contributed by atoms with Gasteiger partial charge in [-0.1, -0.05) is 18.2 Å². The zero-order chi connectivity index (χ0) is 19.4. The molecule has 3 rings (SSSR count). The van der Waals surface area contributed by atoms with Crippen LogP contribution in [0.5, 0.6) is 11.5 Å². The lowest BCUT2D eigenvalue weighted by molar-refractivity contribution is -0.129. The fraction of sp³-hybridized carbons (Fsp3) is 0.250. The molecule has 0 aliphatic carbocycles. The Morgan fingerprint density at radius 2 is 1.85 bits per heavy atom. The van der Waals surface area contributed by atoms with Gasteiger partial charge in [0.2, 0.25) is 5.91 Å². The lowest BCUT2D eigenvalue weighted by Gasteiger charge is -2.17. The fourth-order valence-electron chi connectivity index (χ4n) is 2.82. The molecule has 0 bridgehead atoms. The first-order chi connectivity index (χ1) is 13.0. The number of ether oxygens (including phenoxy) is 2. The maximum absolute atomic E-state index is 12.6. The molecule has 1 aromatic heterocycles. The average Bonchev–Trinajstić information content (AvgIpc) is 2.67. The highest BCUT2D eigenvalue weighted by atomic mass is 16.5. The minimum atomic E-state index is -0.212. The first-order valence-electron chi connectivity index (χ1n) is 8.44. The van der Waals surface area contributed by atoms with Gasteiger partial charge in [0, 0.05) is 7.05 Å². The number of aromatic nitrogens is 2. The predicted octanol–water partition coefficient (Wildman–Crippen LogP) is 2.14. The van der Waals surface area contributed by atoms with E-state index in [2.05, 4.69) is 9.97 Å². The van der Waals surface area contributed by atoms with E-state index in [0.29, 0.717) is 28.2 Å². The summed E-state index contributed by atoms with van der Waals surface area (Å²) in [6.45, 7) is 0.214. The summed E-state index contributed by atoms with van der Waals surface area (Å²) in [4.78, 5) is 33.4. The van der Waals surface area contributed by atoms with E-state index < -0.39 is 0 Å². The molecule has 1 heterocycles. The summed E-state index contributed by atoms with van der Waals surface area (Å²) in [5.74, 6) is 1.53. The minimum absolute atomic E-state index is 0.0990. The summed E-state index contributed by atoms with van der Waals surface area (Å²) in [6.07, 6.45) is 0.203. The highest BCUT2D eigenvalue weighted by Crippen LogP contribution is 2.27. The van der Waals surface area contributed by atoms with Crippen LogP contribution in [0.15, 0.2) is 47.3 Å². The van der Waals surface area contributed by atoms with Crippen molar-refractivity contribution in [2.24, 2.45) is 0 Å². The second-order valence-corrected chi connectivity index (χ2v) is 6.15. The number of rotatable bonds is 6. The van der Waals surface area contributed by atoms with Crippen molar-refractivity contribution in [3.05, 3.63) is 64.2 Å². The lowest BCUT2D eigenvalue weighted by Crippen LogP contribution is -2.29. The van der Waals surface area contributed by atoms with Crippen molar-refractivity contribution in [1.29, 1.82) is 0 Å². The molecule has 0 fully saturated rings. The van der Waals surface area contributed by atoms with Gasteiger partial charge in [0.05, 0.1) is 38.1 Å². The largest absolute Gasteiger partial charge is 0.493 e. The Hall–Kier alpha value is -3.35. The third kappa shape index (κ3) is 4.08. The second-order valence-electron chi connectivity index (χ2n) is 6.15. The molecule has 0 saturated carbocycles. The predicted molar refractivity (Wildman–Crippen MR) is 102 cm³/mol. The molecule has 0 aliphatic heterocycles. The molecule has 3 aromatic rings. The second kappa shape index (κ2) is 7.90. The van der Waals surface area contributed by atoms with Crippen LogP contribution in [-0.4, -0.2) is 42.0 Å². The summed E-state index contributed by atoms with van der Waals surface area (Å²) >= 11 is 0. The van der Waals surface area contributed by atoms with Crippen molar-refractivity contribution >= 4 is 16.8 Å². The molecule has 0 aliphatic rings. The van der Waals surface area contributed by atoms with E-state index in [1.807, 2.05) is 12.1 Å². The van der Waals surface area contributed by atoms with Gasteiger partial charge in [0.25, 0.3) is 5.56 Å². The Labute approximate surface area is 156 Å². The van der Waals surface area contributed by atoms with Gasteiger partial charge in [-0.15, -0.1) is 0 Å². The minimum Gasteiger partial charge on any atom is -0.493 e. The van der Waals surface area contributed by atoms with Crippen molar-refractivity contribution in [2.45, 2.75) is 13.0 Å². The van der Waals surface area contributed by atoms with Crippen LogP contribution in [0.2, 0.25) is 0 Å². The van der Waals surface area contributed by atoms with Gasteiger partial charge in [-0.25, -0.2) is 4.98 Å². The third-order valence-corrected chi connectivity index (χ3v) is 4.28. The average molecular weight is 367 g/mol. The molecule has 1 amide bonds. The molecule has 1 N–H and O–H groups in total. The molecular formula is C20H21N3O4. The van der Waals surface area contributed by atoms with Gasteiger partial charge < -0.3 is 19.4 Å². The number of H-pyrrole nitrogens is 1. The summed E-state index contributed by atoms with van der Waals surface area (Å²) < 4.78 is 10.5. The number of aromatic amines is 1. The number of methoxy groups -OCH3 is 2. The summed E-state index contributed by atoms with van der Waals surface area (Å²) in [6, 6.07) is 12.5. The van der Waals surface area contributed by atoms with Gasteiger partial charge in [0.15, 0.2) is 11.5 Å². The normalized spacial score (nSPS) is 10.6. The Kier molecular flexibility index (Phi) is 5.40. The van der Waals surface area contributed by atoms with Gasteiger partial charge in [0.1, 0.15) is 5.82 Å². The van der Waals surface area contributed by atoms with Crippen molar-refractivity contribution in [3.8, 4) is 11.5 Å². The van der Waals surface area contributed by atoms with E-state index in [9.17, 15) is 9.59 Å². The molecule has 140 valence electrons. The molecule has 7 heteroatoms. The number of likely N-dealkylation sites (N-methyl/N-ethyl adjacent to an activating group) is 1. The molecule has 7 nitrogen and oxygen atoms in total. The van der Waals surface area contributed by atoms with Crippen LogP contribution in [-0.2, 0) is 17.8 Å². The zero-order valence-electron chi connectivity index (χ0n) is 15.5. The van der Waals surface area contributed by atoms with Gasteiger partial charge in [-0.3, -0.25) is 9.59 Å². The van der Waals surface area contributed by atoms with Crippen molar-refractivity contribution in [1.82, 2.24) is 14.9 Å². The monoisotopic (exact) mass is 367 g/mol. The maximum Gasteiger partial charge on any atom is 0.258 e. The first-order valence-corrected chi connectivity index (χ1v) is 8.44. The number of fused-ring (bicyclic) bond motifs is 1. The van der Waals surface area contributed by atoms with Crippen molar-refractivity contribution < 1.29 is 14.3 Å². The Morgan fingerprint density at radius 3 is 2.59 bits per heavy atom. The molecule has 0 radical (unpaired) electrons. The number of hydrogen-bond donors (Lipinski definition) is 1. The van der Waals surface area contributed by atoms with Gasteiger partial charge in [-0.2, -0.15) is 0 Å². The molecule has 27 heavy (non-hydrogen) atoms. The van der Waals surface area contributed by atoms with Crippen LogP contribution < -0.4 is 15.0 Å². The Bertz CT molecular complexity index is 1030. The number of para-hydroxylation sites is 1. The van der Waals surface area contributed by atoms with Crippen LogP contribution in [0.25, 0.3) is 10.9 Å². The van der Waals surface area contributed by atoms with Crippen molar-refractivity contribution in [2.75, 3.05) is 21.3 Å². The number of carbonyl (C=O) groups excluding carboxylic acids is 1. The van der Waals surface area contributed by atoms with Gasteiger partial charge >= 0.3 is 0 Å². The highest BCUT2D eigenvalue weighted by Gasteiger charge is 2.14. The van der Waals surface area contributed by atoms with Crippen molar-refractivity contribution in [3.63, 3.8) is 0 Å². The van der Waals surface area contributed by atoms with E-state index in [-0.39, 0.29) is 24.4 Å². The molecular weight excluding hydrogens is 346 g/mol. The van der Waals surface area contributed by atoms with Crippen LogP contribution in [0.1, 0.15) is 11.4 Å². The Morgan fingerprint density at radius 1 is 1.11 bits per heavy atom. The van der Waals surface area contributed by atoms with E-state index in [1.54, 1.807) is 51.6 Å². The molecule has 0 saturated heterocycles.